The molecule has 10 heteroatoms. The highest BCUT2D eigenvalue weighted by atomic mass is 32.2. The smallest absolute Gasteiger partial charge is 0.272 e. The Balaban J connectivity index is 1.36. The summed E-state index contributed by atoms with van der Waals surface area (Å²) in [5.41, 5.74) is 2.48. The van der Waals surface area contributed by atoms with E-state index in [1.807, 2.05) is 35.0 Å². The number of nitrogens with one attached hydrogen (secondary N) is 3. The zero-order chi connectivity index (χ0) is 28.3. The van der Waals surface area contributed by atoms with Crippen molar-refractivity contribution in [2.45, 2.75) is 4.90 Å². The van der Waals surface area contributed by atoms with Gasteiger partial charge in [0.2, 0.25) is 5.91 Å². The summed E-state index contributed by atoms with van der Waals surface area (Å²) in [4.78, 5) is 39.2. The fourth-order valence-corrected chi connectivity index (χ4v) is 4.85. The Bertz CT molecular complexity index is 1490. The van der Waals surface area contributed by atoms with Crippen molar-refractivity contribution in [2.75, 3.05) is 30.6 Å². The van der Waals surface area contributed by atoms with Crippen LogP contribution in [-0.2, 0) is 9.59 Å². The molecule has 4 aromatic rings. The van der Waals surface area contributed by atoms with Gasteiger partial charge in [0.05, 0.1) is 25.7 Å². The van der Waals surface area contributed by atoms with E-state index >= 15 is 0 Å². The number of carbonyl (C=O) groups excluding carboxylic acids is 3. The SMILES string of the molecule is COc1ccc(NC(=O)CSc2ccc(NC(=O)/C(=C/c3ccsc3)NC(=O)c3ccccc3)cc2)c(OC)c1. The summed E-state index contributed by atoms with van der Waals surface area (Å²) in [5, 5.41) is 12.2. The maximum absolute atomic E-state index is 13.1. The molecule has 0 aliphatic heterocycles. The van der Waals surface area contributed by atoms with Gasteiger partial charge in [-0.05, 0) is 77.0 Å². The summed E-state index contributed by atoms with van der Waals surface area (Å²) in [6.45, 7) is 0. The molecule has 0 atom stereocenters. The van der Waals surface area contributed by atoms with E-state index in [9.17, 15) is 14.4 Å². The van der Waals surface area contributed by atoms with Gasteiger partial charge in [-0.25, -0.2) is 0 Å². The van der Waals surface area contributed by atoms with Gasteiger partial charge in [0.1, 0.15) is 17.2 Å². The lowest BCUT2D eigenvalue weighted by Gasteiger charge is -2.12. The Morgan fingerprint density at radius 3 is 2.35 bits per heavy atom. The molecule has 0 saturated carbocycles. The van der Waals surface area contributed by atoms with Gasteiger partial charge in [-0.3, -0.25) is 14.4 Å². The van der Waals surface area contributed by atoms with Crippen molar-refractivity contribution in [1.82, 2.24) is 5.32 Å². The predicted molar refractivity (Wildman–Crippen MR) is 160 cm³/mol. The van der Waals surface area contributed by atoms with E-state index in [1.165, 1.54) is 30.2 Å². The van der Waals surface area contributed by atoms with Crippen LogP contribution in [0.3, 0.4) is 0 Å². The Morgan fingerprint density at radius 2 is 1.68 bits per heavy atom. The van der Waals surface area contributed by atoms with E-state index in [2.05, 4.69) is 16.0 Å². The number of benzene rings is 3. The number of hydrogen-bond acceptors (Lipinski definition) is 7. The first kappa shape index (κ1) is 28.5. The number of hydrogen-bond donors (Lipinski definition) is 3. The third-order valence-electron chi connectivity index (χ3n) is 5.55. The minimum atomic E-state index is -0.455. The Labute approximate surface area is 240 Å². The zero-order valence-corrected chi connectivity index (χ0v) is 23.4. The topological polar surface area (TPSA) is 106 Å². The number of anilines is 2. The summed E-state index contributed by atoms with van der Waals surface area (Å²) >= 11 is 2.85. The van der Waals surface area contributed by atoms with Gasteiger partial charge < -0.3 is 25.4 Å². The third kappa shape index (κ3) is 7.98. The average molecular weight is 574 g/mol. The molecule has 0 radical (unpaired) electrons. The van der Waals surface area contributed by atoms with Crippen LogP contribution >= 0.6 is 23.1 Å². The van der Waals surface area contributed by atoms with E-state index in [0.29, 0.717) is 28.4 Å². The van der Waals surface area contributed by atoms with Crippen LogP contribution in [0.25, 0.3) is 6.08 Å². The van der Waals surface area contributed by atoms with Crippen LogP contribution in [0.1, 0.15) is 15.9 Å². The molecule has 0 aliphatic rings. The van der Waals surface area contributed by atoms with Gasteiger partial charge in [0.15, 0.2) is 0 Å². The van der Waals surface area contributed by atoms with Crippen LogP contribution < -0.4 is 25.4 Å². The van der Waals surface area contributed by atoms with Crippen LogP contribution in [0.15, 0.2) is 100 Å². The fourth-order valence-electron chi connectivity index (χ4n) is 3.54. The maximum atomic E-state index is 13.1. The largest absolute Gasteiger partial charge is 0.497 e. The monoisotopic (exact) mass is 573 g/mol. The highest BCUT2D eigenvalue weighted by Gasteiger charge is 2.15. The number of ether oxygens (including phenoxy) is 2. The van der Waals surface area contributed by atoms with Crippen molar-refractivity contribution in [3.8, 4) is 11.5 Å². The molecule has 1 heterocycles. The van der Waals surface area contributed by atoms with Crippen LogP contribution in [0.5, 0.6) is 11.5 Å². The lowest BCUT2D eigenvalue weighted by molar-refractivity contribution is -0.114. The number of thioether (sulfide) groups is 1. The first-order chi connectivity index (χ1) is 19.4. The summed E-state index contributed by atoms with van der Waals surface area (Å²) in [6.07, 6.45) is 1.63. The van der Waals surface area contributed by atoms with Crippen LogP contribution in [0.2, 0.25) is 0 Å². The minimum absolute atomic E-state index is 0.122. The molecule has 8 nitrogen and oxygen atoms in total. The van der Waals surface area contributed by atoms with Gasteiger partial charge in [-0.2, -0.15) is 11.3 Å². The number of rotatable bonds is 11. The number of methoxy groups -OCH3 is 2. The number of amides is 3. The molecule has 0 unspecified atom stereocenters. The van der Waals surface area contributed by atoms with Gasteiger partial charge in [0, 0.05) is 22.2 Å². The maximum Gasteiger partial charge on any atom is 0.272 e. The Hall–Kier alpha value is -4.54. The van der Waals surface area contributed by atoms with Crippen LogP contribution in [-0.4, -0.2) is 37.7 Å². The van der Waals surface area contributed by atoms with E-state index in [4.69, 9.17) is 9.47 Å². The average Bonchev–Trinajstić information content (AvgIpc) is 3.50. The standard InChI is InChI=1S/C30H27N3O5S2/c1-37-23-10-13-25(27(17-23)38-2)32-28(34)19-40-24-11-8-22(9-12-24)31-30(36)26(16-20-14-15-39-18-20)33-29(35)21-6-4-3-5-7-21/h3-18H,19H2,1-2H3,(H,31,36)(H,32,34)(H,33,35)/b26-16-. The van der Waals surface area contributed by atoms with E-state index in [0.717, 1.165) is 10.5 Å². The van der Waals surface area contributed by atoms with Crippen molar-refractivity contribution >= 4 is 58.3 Å². The third-order valence-corrected chi connectivity index (χ3v) is 7.26. The highest BCUT2D eigenvalue weighted by Crippen LogP contribution is 2.29. The molecule has 0 saturated heterocycles. The van der Waals surface area contributed by atoms with Crippen molar-refractivity contribution in [1.29, 1.82) is 0 Å². The highest BCUT2D eigenvalue weighted by molar-refractivity contribution is 8.00. The normalized spacial score (nSPS) is 10.9. The molecule has 3 N–H and O–H groups in total. The molecular formula is C30H27N3O5S2. The van der Waals surface area contributed by atoms with Gasteiger partial charge in [-0.1, -0.05) is 18.2 Å². The predicted octanol–water partition coefficient (Wildman–Crippen LogP) is 5.91. The lowest BCUT2D eigenvalue weighted by Crippen LogP contribution is -2.30. The van der Waals surface area contributed by atoms with Crippen molar-refractivity contribution in [3.05, 3.63) is 106 Å². The number of carbonyl (C=O) groups is 3. The van der Waals surface area contributed by atoms with Crippen LogP contribution in [0, 0.1) is 0 Å². The van der Waals surface area contributed by atoms with E-state index in [-0.39, 0.29) is 23.3 Å². The van der Waals surface area contributed by atoms with E-state index < -0.39 is 5.91 Å². The zero-order valence-electron chi connectivity index (χ0n) is 21.8. The molecule has 40 heavy (non-hydrogen) atoms. The molecule has 3 amide bonds. The van der Waals surface area contributed by atoms with Crippen molar-refractivity contribution < 1.29 is 23.9 Å². The van der Waals surface area contributed by atoms with E-state index in [1.54, 1.807) is 67.8 Å². The molecular weight excluding hydrogens is 546 g/mol. The summed E-state index contributed by atoms with van der Waals surface area (Å²) in [6, 6.07) is 22.8. The molecule has 0 bridgehead atoms. The fraction of sp³-hybridized carbons (Fsp3) is 0.100. The second kappa shape index (κ2) is 14.0. The molecule has 0 fully saturated rings. The van der Waals surface area contributed by atoms with Crippen molar-refractivity contribution in [3.63, 3.8) is 0 Å². The molecule has 4 rings (SSSR count). The number of thiophene rings is 1. The quantitative estimate of drug-likeness (QED) is 0.152. The lowest BCUT2D eigenvalue weighted by atomic mass is 10.2. The minimum Gasteiger partial charge on any atom is -0.497 e. The molecule has 3 aromatic carbocycles. The molecule has 204 valence electrons. The van der Waals surface area contributed by atoms with Crippen molar-refractivity contribution in [2.24, 2.45) is 0 Å². The first-order valence-electron chi connectivity index (χ1n) is 12.1. The summed E-state index contributed by atoms with van der Waals surface area (Å²) in [5.74, 6) is 0.288. The second-order valence-electron chi connectivity index (χ2n) is 8.32. The Kier molecular flexibility index (Phi) is 9.98. The molecule has 1 aromatic heterocycles. The Morgan fingerprint density at radius 1 is 0.900 bits per heavy atom. The summed E-state index contributed by atoms with van der Waals surface area (Å²) < 4.78 is 10.5. The molecule has 0 aliphatic carbocycles. The first-order valence-corrected chi connectivity index (χ1v) is 14.0. The van der Waals surface area contributed by atoms with Gasteiger partial charge >= 0.3 is 0 Å². The van der Waals surface area contributed by atoms with Gasteiger partial charge in [-0.15, -0.1) is 11.8 Å². The summed E-state index contributed by atoms with van der Waals surface area (Å²) in [7, 11) is 3.09. The van der Waals surface area contributed by atoms with Crippen LogP contribution in [0.4, 0.5) is 11.4 Å². The molecule has 0 spiro atoms. The van der Waals surface area contributed by atoms with Gasteiger partial charge in [0.25, 0.3) is 11.8 Å². The second-order valence-corrected chi connectivity index (χ2v) is 10.1.